The third-order valence-corrected chi connectivity index (χ3v) is 5.67. The fraction of sp³-hybridized carbons (Fsp3) is 0.250. The Bertz CT molecular complexity index is 912. The predicted molar refractivity (Wildman–Crippen MR) is 114 cm³/mol. The third kappa shape index (κ3) is 3.94. The summed E-state index contributed by atoms with van der Waals surface area (Å²) in [5.41, 5.74) is 4.63. The van der Waals surface area contributed by atoms with Crippen LogP contribution in [0.4, 0.5) is 0 Å². The minimum Gasteiger partial charge on any atom is -0.493 e. The molecule has 0 bridgehead atoms. The zero-order chi connectivity index (χ0) is 19.3. The van der Waals surface area contributed by atoms with Gasteiger partial charge in [0.1, 0.15) is 6.61 Å². The van der Waals surface area contributed by atoms with Gasteiger partial charge in [-0.05, 0) is 22.8 Å². The summed E-state index contributed by atoms with van der Waals surface area (Å²) in [6.45, 7) is 0.503. The molecule has 0 unspecified atom stereocenters. The van der Waals surface area contributed by atoms with Gasteiger partial charge in [0.25, 0.3) is 0 Å². The summed E-state index contributed by atoms with van der Waals surface area (Å²) >= 11 is 3.62. The van der Waals surface area contributed by atoms with E-state index in [9.17, 15) is 0 Å². The molecule has 0 aliphatic carbocycles. The minimum absolute atomic E-state index is 0.0116. The molecule has 28 heavy (non-hydrogen) atoms. The molecule has 0 N–H and O–H groups in total. The monoisotopic (exact) mass is 438 g/mol. The molecule has 2 atom stereocenters. The SMILES string of the molecule is COc1ccc2c(c1OCc1ccccc1)C[C@@H](c1ccccc1)O[C@H]2CBr. The molecular weight excluding hydrogens is 416 g/mol. The highest BCUT2D eigenvalue weighted by Gasteiger charge is 2.31. The van der Waals surface area contributed by atoms with Crippen molar-refractivity contribution in [2.24, 2.45) is 0 Å². The fourth-order valence-electron chi connectivity index (χ4n) is 3.67. The maximum atomic E-state index is 6.40. The molecule has 4 rings (SSSR count). The Hall–Kier alpha value is -2.30. The number of ether oxygens (including phenoxy) is 3. The Morgan fingerprint density at radius 3 is 2.36 bits per heavy atom. The Morgan fingerprint density at radius 1 is 0.964 bits per heavy atom. The molecule has 0 aromatic heterocycles. The number of hydrogen-bond donors (Lipinski definition) is 0. The van der Waals surface area contributed by atoms with Gasteiger partial charge in [0.15, 0.2) is 11.5 Å². The molecular formula is C24H23BrO3. The van der Waals surface area contributed by atoms with E-state index in [-0.39, 0.29) is 12.2 Å². The van der Waals surface area contributed by atoms with Gasteiger partial charge in [-0.15, -0.1) is 0 Å². The van der Waals surface area contributed by atoms with Crippen molar-refractivity contribution in [1.29, 1.82) is 0 Å². The van der Waals surface area contributed by atoms with Gasteiger partial charge in [0, 0.05) is 17.3 Å². The molecule has 3 nitrogen and oxygen atoms in total. The molecule has 0 spiro atoms. The van der Waals surface area contributed by atoms with Crippen LogP contribution >= 0.6 is 15.9 Å². The average molecular weight is 439 g/mol. The third-order valence-electron chi connectivity index (χ3n) is 5.08. The molecule has 3 aromatic carbocycles. The van der Waals surface area contributed by atoms with Crippen LogP contribution in [0.15, 0.2) is 72.8 Å². The number of rotatable bonds is 6. The maximum Gasteiger partial charge on any atom is 0.165 e. The first kappa shape index (κ1) is 19.0. The van der Waals surface area contributed by atoms with Crippen LogP contribution in [0.1, 0.15) is 34.5 Å². The highest BCUT2D eigenvalue weighted by Crippen LogP contribution is 2.45. The Labute approximate surface area is 174 Å². The molecule has 4 heteroatoms. The normalized spacial score (nSPS) is 18.4. The quantitative estimate of drug-likeness (QED) is 0.440. The second kappa shape index (κ2) is 8.80. The molecule has 0 amide bonds. The first-order chi connectivity index (χ1) is 13.8. The number of benzene rings is 3. The van der Waals surface area contributed by atoms with E-state index in [2.05, 4.69) is 58.4 Å². The van der Waals surface area contributed by atoms with Gasteiger partial charge in [-0.1, -0.05) is 82.7 Å². The van der Waals surface area contributed by atoms with Gasteiger partial charge in [0.2, 0.25) is 0 Å². The van der Waals surface area contributed by atoms with Gasteiger partial charge in [0.05, 0.1) is 19.3 Å². The van der Waals surface area contributed by atoms with Gasteiger partial charge in [-0.25, -0.2) is 0 Å². The van der Waals surface area contributed by atoms with Crippen LogP contribution in [0.5, 0.6) is 11.5 Å². The van der Waals surface area contributed by atoms with Crippen molar-refractivity contribution in [1.82, 2.24) is 0 Å². The molecule has 1 heterocycles. The zero-order valence-electron chi connectivity index (χ0n) is 15.8. The first-order valence-corrected chi connectivity index (χ1v) is 10.5. The first-order valence-electron chi connectivity index (χ1n) is 9.43. The van der Waals surface area contributed by atoms with E-state index in [1.54, 1.807) is 7.11 Å². The highest BCUT2D eigenvalue weighted by molar-refractivity contribution is 9.09. The number of methoxy groups -OCH3 is 1. The summed E-state index contributed by atoms with van der Waals surface area (Å²) < 4.78 is 18.3. The van der Waals surface area contributed by atoms with Crippen molar-refractivity contribution in [2.75, 3.05) is 12.4 Å². The minimum atomic E-state index is -0.0288. The molecule has 0 saturated heterocycles. The van der Waals surface area contributed by atoms with E-state index in [0.717, 1.165) is 34.4 Å². The van der Waals surface area contributed by atoms with E-state index < -0.39 is 0 Å². The van der Waals surface area contributed by atoms with Gasteiger partial charge in [-0.2, -0.15) is 0 Å². The Kier molecular flexibility index (Phi) is 5.98. The van der Waals surface area contributed by atoms with E-state index >= 15 is 0 Å². The summed E-state index contributed by atoms with van der Waals surface area (Å²) in [4.78, 5) is 0. The standard InChI is InChI=1S/C24H23BrO3/c1-26-21-13-12-19-20(24(21)27-16-17-8-4-2-5-9-17)14-22(28-23(19)15-25)18-10-6-3-7-11-18/h2-13,22-23H,14-16H2,1H3/t22-,23-/m0/s1. The molecule has 1 aliphatic rings. The smallest absolute Gasteiger partial charge is 0.165 e. The van der Waals surface area contributed by atoms with Crippen molar-refractivity contribution < 1.29 is 14.2 Å². The van der Waals surface area contributed by atoms with Crippen LogP contribution in [0.2, 0.25) is 0 Å². The summed E-state index contributed by atoms with van der Waals surface area (Å²) in [7, 11) is 1.69. The lowest BCUT2D eigenvalue weighted by atomic mass is 9.90. The lowest BCUT2D eigenvalue weighted by Gasteiger charge is -2.33. The van der Waals surface area contributed by atoms with Crippen LogP contribution in [0.25, 0.3) is 0 Å². The molecule has 0 radical (unpaired) electrons. The van der Waals surface area contributed by atoms with E-state index in [0.29, 0.717) is 6.61 Å². The molecule has 0 saturated carbocycles. The summed E-state index contributed by atoms with van der Waals surface area (Å²) in [6, 6.07) is 24.6. The van der Waals surface area contributed by atoms with Crippen molar-refractivity contribution in [3.63, 3.8) is 0 Å². The highest BCUT2D eigenvalue weighted by atomic mass is 79.9. The molecule has 0 fully saturated rings. The Balaban J connectivity index is 1.70. The maximum absolute atomic E-state index is 6.40. The zero-order valence-corrected chi connectivity index (χ0v) is 17.4. The van der Waals surface area contributed by atoms with Crippen molar-refractivity contribution in [2.45, 2.75) is 25.2 Å². The number of alkyl halides is 1. The largest absolute Gasteiger partial charge is 0.493 e. The predicted octanol–water partition coefficient (Wildman–Crippen LogP) is 6.02. The van der Waals surface area contributed by atoms with Crippen molar-refractivity contribution in [3.05, 3.63) is 95.1 Å². The van der Waals surface area contributed by atoms with Gasteiger partial charge < -0.3 is 14.2 Å². The number of halogens is 1. The fourth-order valence-corrected chi connectivity index (χ4v) is 4.17. The lowest BCUT2D eigenvalue weighted by molar-refractivity contribution is -0.0148. The van der Waals surface area contributed by atoms with Crippen LogP contribution in [0, 0.1) is 0 Å². The molecule has 1 aliphatic heterocycles. The summed E-state index contributed by atoms with van der Waals surface area (Å²) in [5.74, 6) is 1.58. The van der Waals surface area contributed by atoms with E-state index in [4.69, 9.17) is 14.2 Å². The van der Waals surface area contributed by atoms with Crippen LogP contribution in [0.3, 0.4) is 0 Å². The van der Waals surface area contributed by atoms with Gasteiger partial charge in [-0.3, -0.25) is 0 Å². The molecule has 144 valence electrons. The van der Waals surface area contributed by atoms with E-state index in [1.165, 1.54) is 11.1 Å². The number of fused-ring (bicyclic) bond motifs is 1. The lowest BCUT2D eigenvalue weighted by Crippen LogP contribution is -2.22. The summed E-state index contributed by atoms with van der Waals surface area (Å²) in [5, 5.41) is 0.730. The average Bonchev–Trinajstić information content (AvgIpc) is 2.77. The Morgan fingerprint density at radius 2 is 1.68 bits per heavy atom. The van der Waals surface area contributed by atoms with Crippen LogP contribution < -0.4 is 9.47 Å². The van der Waals surface area contributed by atoms with Crippen LogP contribution in [-0.4, -0.2) is 12.4 Å². The van der Waals surface area contributed by atoms with Crippen LogP contribution in [-0.2, 0) is 17.8 Å². The number of hydrogen-bond acceptors (Lipinski definition) is 3. The van der Waals surface area contributed by atoms with Gasteiger partial charge >= 0.3 is 0 Å². The second-order valence-corrected chi connectivity index (χ2v) is 7.47. The second-order valence-electron chi connectivity index (χ2n) is 6.82. The molecule has 3 aromatic rings. The van der Waals surface area contributed by atoms with E-state index in [1.807, 2.05) is 30.3 Å². The van der Waals surface area contributed by atoms with Crippen molar-refractivity contribution >= 4 is 15.9 Å². The summed E-state index contributed by atoms with van der Waals surface area (Å²) in [6.07, 6.45) is 0.714. The topological polar surface area (TPSA) is 27.7 Å². The van der Waals surface area contributed by atoms with Crippen molar-refractivity contribution in [3.8, 4) is 11.5 Å².